The molecule has 1 amide bonds. The quantitative estimate of drug-likeness (QED) is 0.513. The SMILES string of the molecule is COC(=O)c1cc(NC(=S)NC(=O)C2(c3ccccc3)CCCC2)ccc1N1CCOCC1. The summed E-state index contributed by atoms with van der Waals surface area (Å²) in [7, 11) is 1.36. The first-order chi connectivity index (χ1) is 16.0. The monoisotopic (exact) mass is 467 g/mol. The number of hydrogen-bond acceptors (Lipinski definition) is 6. The molecule has 2 N–H and O–H groups in total. The predicted octanol–water partition coefficient (Wildman–Crippen LogP) is 3.63. The molecule has 2 aromatic rings. The lowest BCUT2D eigenvalue weighted by atomic mass is 9.78. The molecule has 0 radical (unpaired) electrons. The summed E-state index contributed by atoms with van der Waals surface area (Å²) in [5.74, 6) is -0.522. The number of nitrogens with one attached hydrogen (secondary N) is 2. The second kappa shape index (κ2) is 10.3. The summed E-state index contributed by atoms with van der Waals surface area (Å²) in [6.07, 6.45) is 3.61. The van der Waals surface area contributed by atoms with Crippen LogP contribution < -0.4 is 15.5 Å². The molecular weight excluding hydrogens is 438 g/mol. The van der Waals surface area contributed by atoms with Gasteiger partial charge < -0.3 is 25.0 Å². The van der Waals surface area contributed by atoms with Crippen molar-refractivity contribution in [2.24, 2.45) is 0 Å². The Bertz CT molecular complexity index is 1020. The molecule has 4 rings (SSSR count). The highest BCUT2D eigenvalue weighted by Gasteiger charge is 2.42. The van der Waals surface area contributed by atoms with E-state index in [-0.39, 0.29) is 11.0 Å². The standard InChI is InChI=1S/C25H29N3O4S/c1-31-22(29)20-17-19(9-10-21(20)28-13-15-32-16-14-28)26-24(33)27-23(30)25(11-5-6-12-25)18-7-3-2-4-8-18/h2-4,7-10,17H,5-6,11-16H2,1H3,(H2,26,27,30,33). The van der Waals surface area contributed by atoms with Gasteiger partial charge in [-0.2, -0.15) is 0 Å². The van der Waals surface area contributed by atoms with Gasteiger partial charge in [-0.3, -0.25) is 4.79 Å². The van der Waals surface area contributed by atoms with Crippen LogP contribution in [-0.4, -0.2) is 50.4 Å². The van der Waals surface area contributed by atoms with Gasteiger partial charge in [0.2, 0.25) is 5.91 Å². The highest BCUT2D eigenvalue weighted by Crippen LogP contribution is 2.41. The van der Waals surface area contributed by atoms with E-state index in [1.807, 2.05) is 42.5 Å². The molecule has 0 atom stereocenters. The molecule has 2 aliphatic rings. The summed E-state index contributed by atoms with van der Waals surface area (Å²) in [5, 5.41) is 6.16. The average molecular weight is 468 g/mol. The highest BCUT2D eigenvalue weighted by molar-refractivity contribution is 7.80. The number of hydrogen-bond donors (Lipinski definition) is 2. The molecule has 1 heterocycles. The van der Waals surface area contributed by atoms with Crippen LogP contribution in [-0.2, 0) is 19.7 Å². The van der Waals surface area contributed by atoms with E-state index >= 15 is 0 Å². The maximum atomic E-state index is 13.3. The molecule has 33 heavy (non-hydrogen) atoms. The number of esters is 1. The number of amides is 1. The maximum absolute atomic E-state index is 13.3. The summed E-state index contributed by atoms with van der Waals surface area (Å²) in [6.45, 7) is 2.62. The van der Waals surface area contributed by atoms with Crippen LogP contribution in [0.5, 0.6) is 0 Å². The van der Waals surface area contributed by atoms with E-state index in [9.17, 15) is 9.59 Å². The van der Waals surface area contributed by atoms with Crippen LogP contribution in [0.3, 0.4) is 0 Å². The molecule has 0 aromatic heterocycles. The molecule has 1 aliphatic carbocycles. The Morgan fingerprint density at radius 1 is 1.06 bits per heavy atom. The Morgan fingerprint density at radius 2 is 1.76 bits per heavy atom. The molecule has 174 valence electrons. The normalized spacial score (nSPS) is 17.3. The number of methoxy groups -OCH3 is 1. The van der Waals surface area contributed by atoms with Gasteiger partial charge in [-0.05, 0) is 48.8 Å². The molecule has 0 unspecified atom stereocenters. The van der Waals surface area contributed by atoms with Crippen LogP contribution in [0.25, 0.3) is 0 Å². The summed E-state index contributed by atoms with van der Waals surface area (Å²) in [4.78, 5) is 27.9. The van der Waals surface area contributed by atoms with Crippen LogP contribution in [0.2, 0.25) is 0 Å². The van der Waals surface area contributed by atoms with Gasteiger partial charge in [0.05, 0.1) is 37.0 Å². The fraction of sp³-hybridized carbons (Fsp3) is 0.400. The lowest BCUT2D eigenvalue weighted by Crippen LogP contribution is -2.46. The average Bonchev–Trinajstić information content (AvgIpc) is 3.36. The minimum absolute atomic E-state index is 0.0955. The summed E-state index contributed by atoms with van der Waals surface area (Å²) >= 11 is 5.46. The molecule has 1 aliphatic heterocycles. The van der Waals surface area contributed by atoms with Crippen LogP contribution >= 0.6 is 12.2 Å². The zero-order valence-electron chi connectivity index (χ0n) is 18.8. The largest absolute Gasteiger partial charge is 0.465 e. The van der Waals surface area contributed by atoms with E-state index in [1.54, 1.807) is 6.07 Å². The van der Waals surface area contributed by atoms with E-state index in [4.69, 9.17) is 21.7 Å². The second-order valence-corrected chi connectivity index (χ2v) is 8.79. The van der Waals surface area contributed by atoms with E-state index < -0.39 is 11.4 Å². The van der Waals surface area contributed by atoms with Gasteiger partial charge in [-0.25, -0.2) is 4.79 Å². The van der Waals surface area contributed by atoms with Gasteiger partial charge >= 0.3 is 5.97 Å². The van der Waals surface area contributed by atoms with Gasteiger partial charge in [0.1, 0.15) is 0 Å². The Kier molecular flexibility index (Phi) is 7.25. The molecule has 1 saturated heterocycles. The first-order valence-corrected chi connectivity index (χ1v) is 11.7. The topological polar surface area (TPSA) is 79.9 Å². The number of benzene rings is 2. The fourth-order valence-electron chi connectivity index (χ4n) is 4.73. The number of carbonyl (C=O) groups excluding carboxylic acids is 2. The van der Waals surface area contributed by atoms with Crippen molar-refractivity contribution in [2.45, 2.75) is 31.1 Å². The van der Waals surface area contributed by atoms with Crippen LogP contribution in [0.15, 0.2) is 48.5 Å². The molecule has 7 nitrogen and oxygen atoms in total. The third-order valence-corrected chi connectivity index (χ3v) is 6.66. The third-order valence-electron chi connectivity index (χ3n) is 6.46. The van der Waals surface area contributed by atoms with Crippen molar-refractivity contribution in [3.8, 4) is 0 Å². The minimum atomic E-state index is -0.565. The highest BCUT2D eigenvalue weighted by atomic mass is 32.1. The minimum Gasteiger partial charge on any atom is -0.465 e. The van der Waals surface area contributed by atoms with Gasteiger partial charge in [0.15, 0.2) is 5.11 Å². The Balaban J connectivity index is 1.50. The number of rotatable bonds is 5. The first kappa shape index (κ1) is 23.2. The summed E-state index contributed by atoms with van der Waals surface area (Å²) in [6, 6.07) is 15.3. The smallest absolute Gasteiger partial charge is 0.340 e. The van der Waals surface area contributed by atoms with Crippen molar-refractivity contribution < 1.29 is 19.1 Å². The number of thiocarbonyl (C=S) groups is 1. The first-order valence-electron chi connectivity index (χ1n) is 11.3. The van der Waals surface area contributed by atoms with Crippen LogP contribution in [0.4, 0.5) is 11.4 Å². The summed E-state index contributed by atoms with van der Waals surface area (Å²) < 4.78 is 10.4. The van der Waals surface area contributed by atoms with Crippen molar-refractivity contribution in [3.63, 3.8) is 0 Å². The third kappa shape index (κ3) is 5.02. The zero-order valence-corrected chi connectivity index (χ0v) is 19.6. The Labute approximate surface area is 199 Å². The number of nitrogens with zero attached hydrogens (tertiary/aromatic N) is 1. The number of morpholine rings is 1. The Hall–Kier alpha value is -2.97. The molecule has 2 aromatic carbocycles. The predicted molar refractivity (Wildman–Crippen MR) is 132 cm³/mol. The number of carbonyl (C=O) groups is 2. The second-order valence-electron chi connectivity index (χ2n) is 8.39. The van der Waals surface area contributed by atoms with Crippen molar-refractivity contribution >= 4 is 40.6 Å². The van der Waals surface area contributed by atoms with Crippen molar-refractivity contribution in [2.75, 3.05) is 43.6 Å². The van der Waals surface area contributed by atoms with E-state index in [2.05, 4.69) is 15.5 Å². The molecule has 0 bridgehead atoms. The fourth-order valence-corrected chi connectivity index (χ4v) is 4.95. The molecule has 0 spiro atoms. The maximum Gasteiger partial charge on any atom is 0.340 e. The number of ether oxygens (including phenoxy) is 2. The summed E-state index contributed by atoms with van der Waals surface area (Å²) in [5.41, 5.74) is 2.29. The van der Waals surface area contributed by atoms with Gasteiger partial charge in [-0.1, -0.05) is 43.2 Å². The van der Waals surface area contributed by atoms with Gasteiger partial charge in [0.25, 0.3) is 0 Å². The van der Waals surface area contributed by atoms with Crippen molar-refractivity contribution in [1.82, 2.24) is 5.32 Å². The van der Waals surface area contributed by atoms with Crippen molar-refractivity contribution in [3.05, 3.63) is 59.7 Å². The van der Waals surface area contributed by atoms with Gasteiger partial charge in [0, 0.05) is 18.8 Å². The molecular formula is C25H29N3O4S. The molecule has 8 heteroatoms. The van der Waals surface area contributed by atoms with E-state index in [0.717, 1.165) is 36.9 Å². The van der Waals surface area contributed by atoms with Crippen molar-refractivity contribution in [1.29, 1.82) is 0 Å². The molecule has 2 fully saturated rings. The Morgan fingerprint density at radius 3 is 2.42 bits per heavy atom. The van der Waals surface area contributed by atoms with Crippen LogP contribution in [0.1, 0.15) is 41.6 Å². The van der Waals surface area contributed by atoms with E-state index in [0.29, 0.717) is 37.6 Å². The molecule has 1 saturated carbocycles. The lowest BCUT2D eigenvalue weighted by Gasteiger charge is -2.30. The lowest BCUT2D eigenvalue weighted by molar-refractivity contribution is -0.125. The zero-order chi connectivity index (χ0) is 23.3. The van der Waals surface area contributed by atoms with E-state index in [1.165, 1.54) is 7.11 Å². The number of anilines is 2. The van der Waals surface area contributed by atoms with Crippen LogP contribution in [0, 0.1) is 0 Å². The van der Waals surface area contributed by atoms with Gasteiger partial charge in [-0.15, -0.1) is 0 Å².